The molecule has 0 fully saturated rings. The zero-order valence-electron chi connectivity index (χ0n) is 7.29. The summed E-state index contributed by atoms with van der Waals surface area (Å²) in [4.78, 5) is 13.3. The minimum absolute atomic E-state index is 0.0308. The van der Waals surface area contributed by atoms with Crippen LogP contribution in [-0.2, 0) is 4.94 Å². The minimum Gasteiger partial charge on any atom is -0.222 e. The highest BCUT2D eigenvalue weighted by Gasteiger charge is 2.24. The molecule has 16 heavy (non-hydrogen) atoms. The number of hydrogen-bond donors (Lipinski definition) is 1. The first kappa shape index (κ1) is 12.0. The largest absolute Gasteiger partial charge is 0.318 e. The molecule has 0 aliphatic heterocycles. The summed E-state index contributed by atoms with van der Waals surface area (Å²) in [5.74, 6) is -2.80. The van der Waals surface area contributed by atoms with E-state index >= 15 is 0 Å². The van der Waals surface area contributed by atoms with E-state index in [-0.39, 0.29) is 6.07 Å². The summed E-state index contributed by atoms with van der Waals surface area (Å²) >= 11 is 0. The maximum atomic E-state index is 12.9. The minimum atomic E-state index is -2.04. The normalized spacial score (nSPS) is 10.1. The molecule has 0 amide bonds. The molecule has 0 aliphatic carbocycles. The molecule has 0 radical (unpaired) electrons. The Morgan fingerprint density at radius 3 is 2.31 bits per heavy atom. The second kappa shape index (κ2) is 4.18. The van der Waals surface area contributed by atoms with Gasteiger partial charge in [0.1, 0.15) is 0 Å². The van der Waals surface area contributed by atoms with Crippen LogP contribution in [0.1, 0.15) is 0 Å². The van der Waals surface area contributed by atoms with Gasteiger partial charge in [-0.2, -0.15) is 4.94 Å². The predicted octanol–water partition coefficient (Wildman–Crippen LogP) is 1.05. The van der Waals surface area contributed by atoms with Gasteiger partial charge in [0.2, 0.25) is 0 Å². The highest BCUT2D eigenvalue weighted by molar-refractivity contribution is 5.46. The van der Waals surface area contributed by atoms with Gasteiger partial charge in [-0.05, 0) is 0 Å². The molecule has 1 aromatic rings. The van der Waals surface area contributed by atoms with Crippen molar-refractivity contribution >= 4 is 5.69 Å². The van der Waals surface area contributed by atoms with Crippen LogP contribution < -0.4 is 11.0 Å². The molecule has 0 saturated carbocycles. The van der Waals surface area contributed by atoms with Gasteiger partial charge in [0.15, 0.2) is 29.0 Å². The van der Waals surface area contributed by atoms with Crippen molar-refractivity contribution < 1.29 is 27.6 Å². The Morgan fingerprint density at radius 2 is 1.81 bits per heavy atom. The van der Waals surface area contributed by atoms with Crippen molar-refractivity contribution in [2.45, 2.75) is 0 Å². The number of nitrogens with zero attached hydrogens (tertiary/aromatic N) is 2. The number of nitrogens with two attached hydrogens (primary N) is 1. The van der Waals surface area contributed by atoms with Gasteiger partial charge >= 0.3 is 5.09 Å². The van der Waals surface area contributed by atoms with Crippen LogP contribution in [-0.4, -0.2) is 5.09 Å². The summed E-state index contributed by atoms with van der Waals surface area (Å²) in [7, 11) is 0. The molecule has 0 aromatic heterocycles. The molecular formula is C6H3F4N3O3. The van der Waals surface area contributed by atoms with E-state index in [0.717, 1.165) is 0 Å². The average Bonchev–Trinajstić information content (AvgIpc) is 2.13. The Kier molecular flexibility index (Phi) is 3.13. The van der Waals surface area contributed by atoms with Crippen molar-refractivity contribution in [2.24, 2.45) is 5.84 Å². The van der Waals surface area contributed by atoms with Crippen LogP contribution in [0.25, 0.3) is 0 Å². The number of halogens is 4. The molecule has 0 spiro atoms. The third kappa shape index (κ3) is 2.11. The second-order valence-electron chi connectivity index (χ2n) is 2.45. The lowest BCUT2D eigenvalue weighted by Crippen LogP contribution is -2.35. The highest BCUT2D eigenvalue weighted by atomic mass is 19.2. The first-order chi connectivity index (χ1) is 7.34. The number of hydrazine groups is 1. The third-order valence-electron chi connectivity index (χ3n) is 1.46. The van der Waals surface area contributed by atoms with E-state index in [0.29, 0.717) is 0 Å². The molecule has 1 aromatic carbocycles. The third-order valence-corrected chi connectivity index (χ3v) is 1.46. The summed E-state index contributed by atoms with van der Waals surface area (Å²) in [5.41, 5.74) is -1.42. The van der Waals surface area contributed by atoms with Crippen LogP contribution in [0.15, 0.2) is 6.07 Å². The molecular weight excluding hydrogens is 238 g/mol. The van der Waals surface area contributed by atoms with E-state index in [1.165, 1.54) is 0 Å². The Balaban J connectivity index is 3.23. The number of benzene rings is 1. The van der Waals surface area contributed by atoms with E-state index in [1.807, 2.05) is 0 Å². The Morgan fingerprint density at radius 1 is 1.25 bits per heavy atom. The van der Waals surface area contributed by atoms with E-state index in [2.05, 4.69) is 4.94 Å². The maximum Gasteiger partial charge on any atom is 0.318 e. The van der Waals surface area contributed by atoms with Gasteiger partial charge in [-0.1, -0.05) is 0 Å². The summed E-state index contributed by atoms with van der Waals surface area (Å²) in [5, 5.41) is 7.86. The fraction of sp³-hybridized carbons (Fsp3) is 0. The summed E-state index contributed by atoms with van der Waals surface area (Å²) in [6.07, 6.45) is 0. The molecule has 0 unspecified atom stereocenters. The monoisotopic (exact) mass is 241 g/mol. The van der Waals surface area contributed by atoms with Crippen LogP contribution >= 0.6 is 0 Å². The van der Waals surface area contributed by atoms with E-state index in [4.69, 9.17) is 5.84 Å². The smallest absolute Gasteiger partial charge is 0.222 e. The van der Waals surface area contributed by atoms with Gasteiger partial charge in [-0.15, -0.1) is 15.3 Å². The molecule has 0 bridgehead atoms. The fourth-order valence-corrected chi connectivity index (χ4v) is 0.871. The molecule has 0 atom stereocenters. The van der Waals surface area contributed by atoms with Gasteiger partial charge in [0, 0.05) is 6.07 Å². The molecule has 0 aliphatic rings. The number of anilines is 1. The van der Waals surface area contributed by atoms with Crippen molar-refractivity contribution in [2.75, 3.05) is 5.17 Å². The average molecular weight is 241 g/mol. The molecule has 10 heteroatoms. The van der Waals surface area contributed by atoms with Gasteiger partial charge in [0.05, 0.1) is 0 Å². The molecule has 0 heterocycles. The van der Waals surface area contributed by atoms with E-state index in [1.54, 1.807) is 0 Å². The topological polar surface area (TPSA) is 81.6 Å². The number of hydrogen-bond acceptors (Lipinski definition) is 5. The van der Waals surface area contributed by atoms with Crippen molar-refractivity contribution in [1.29, 1.82) is 0 Å². The molecule has 6 nitrogen and oxygen atoms in total. The first-order valence-electron chi connectivity index (χ1n) is 3.55. The summed E-state index contributed by atoms with van der Waals surface area (Å²) in [6, 6.07) is -0.0308. The van der Waals surface area contributed by atoms with Crippen molar-refractivity contribution in [3.05, 3.63) is 39.4 Å². The van der Waals surface area contributed by atoms with Gasteiger partial charge in [0.25, 0.3) is 0 Å². The van der Waals surface area contributed by atoms with E-state index in [9.17, 15) is 27.7 Å². The van der Waals surface area contributed by atoms with Crippen LogP contribution in [0, 0.1) is 33.4 Å². The Bertz CT molecular complexity index is 442. The summed E-state index contributed by atoms with van der Waals surface area (Å²) < 4.78 is 51.0. The van der Waals surface area contributed by atoms with Gasteiger partial charge < -0.3 is 0 Å². The molecule has 1 rings (SSSR count). The highest BCUT2D eigenvalue weighted by Crippen LogP contribution is 2.25. The Hall–Kier alpha value is -2.10. The first-order valence-corrected chi connectivity index (χ1v) is 3.55. The van der Waals surface area contributed by atoms with Gasteiger partial charge in [-0.3, -0.25) is 0 Å². The lowest BCUT2D eigenvalue weighted by atomic mass is 10.2. The van der Waals surface area contributed by atoms with Crippen molar-refractivity contribution in [3.8, 4) is 0 Å². The van der Waals surface area contributed by atoms with Crippen LogP contribution in [0.3, 0.4) is 0 Å². The molecule has 88 valence electrons. The van der Waals surface area contributed by atoms with Crippen LogP contribution in [0.5, 0.6) is 0 Å². The second-order valence-corrected chi connectivity index (χ2v) is 2.45. The predicted molar refractivity (Wildman–Crippen MR) is 41.0 cm³/mol. The summed E-state index contributed by atoms with van der Waals surface area (Å²) in [6.45, 7) is 0. The maximum absolute atomic E-state index is 12.9. The van der Waals surface area contributed by atoms with Crippen molar-refractivity contribution in [3.63, 3.8) is 0 Å². The number of rotatable bonds is 3. The Labute approximate surface area is 84.8 Å². The van der Waals surface area contributed by atoms with Crippen LogP contribution in [0.4, 0.5) is 23.2 Å². The quantitative estimate of drug-likeness (QED) is 0.213. The van der Waals surface area contributed by atoms with Crippen molar-refractivity contribution in [1.82, 2.24) is 0 Å². The van der Waals surface area contributed by atoms with Crippen LogP contribution in [0.2, 0.25) is 0 Å². The SMILES string of the molecule is NN(O[N+](=O)[O-])c1c(F)cc(F)c(F)c1F. The molecule has 0 saturated heterocycles. The lowest BCUT2D eigenvalue weighted by molar-refractivity contribution is -0.762. The van der Waals surface area contributed by atoms with E-state index < -0.39 is 39.2 Å². The zero-order chi connectivity index (χ0) is 12.5. The lowest BCUT2D eigenvalue weighted by Gasteiger charge is -2.15. The standard InChI is InChI=1S/C6H3F4N3O3/c7-2-1-3(8)6(5(10)4(2)9)12(11)16-13(14)15/h1H,11H2. The fourth-order valence-electron chi connectivity index (χ4n) is 0.871. The zero-order valence-corrected chi connectivity index (χ0v) is 7.29. The van der Waals surface area contributed by atoms with Gasteiger partial charge in [-0.25, -0.2) is 23.4 Å². The molecule has 2 N–H and O–H groups in total.